The summed E-state index contributed by atoms with van der Waals surface area (Å²) in [5, 5.41) is 8.57. The highest BCUT2D eigenvalue weighted by molar-refractivity contribution is 5.16. The number of unbranched alkanes of at least 4 members (excludes halogenated alkanes) is 1. The predicted octanol–water partition coefficient (Wildman–Crippen LogP) is 6.19. The Kier molecular flexibility index (Phi) is 8.06. The third-order valence-corrected chi connectivity index (χ3v) is 6.49. The van der Waals surface area contributed by atoms with E-state index in [2.05, 4.69) is 13.0 Å². The molecule has 2 heteroatoms. The van der Waals surface area contributed by atoms with Crippen LogP contribution >= 0.6 is 0 Å². The molecule has 0 saturated heterocycles. The Morgan fingerprint density at radius 3 is 2.29 bits per heavy atom. The minimum absolute atomic E-state index is 0.103. The number of hydrogen-bond donors (Lipinski definition) is 0. The second-order valence-corrected chi connectivity index (χ2v) is 7.88. The lowest BCUT2D eigenvalue weighted by Gasteiger charge is -2.42. The van der Waals surface area contributed by atoms with Crippen LogP contribution in [0.2, 0.25) is 0 Å². The summed E-state index contributed by atoms with van der Waals surface area (Å²) in [7, 11) is 1.83. The van der Waals surface area contributed by atoms with Gasteiger partial charge in [0, 0.05) is 13.2 Å². The number of nitriles is 1. The highest BCUT2D eigenvalue weighted by Crippen LogP contribution is 2.44. The Morgan fingerprint density at radius 1 is 1.04 bits per heavy atom. The van der Waals surface area contributed by atoms with E-state index in [1.807, 2.05) is 25.3 Å². The summed E-state index contributed by atoms with van der Waals surface area (Å²) in [4.78, 5) is 0. The first-order chi connectivity index (χ1) is 11.7. The van der Waals surface area contributed by atoms with Crippen LogP contribution in [0.3, 0.4) is 0 Å². The average Bonchev–Trinajstić information content (AvgIpc) is 2.64. The molecule has 0 heterocycles. The van der Waals surface area contributed by atoms with E-state index in [1.54, 1.807) is 0 Å². The normalized spacial score (nSPS) is 34.6. The lowest BCUT2D eigenvalue weighted by atomic mass is 9.67. The molecule has 0 unspecified atom stereocenters. The van der Waals surface area contributed by atoms with Gasteiger partial charge in [-0.1, -0.05) is 57.3 Å². The second-order valence-electron chi connectivity index (χ2n) is 7.88. The molecule has 2 saturated carbocycles. The van der Waals surface area contributed by atoms with Gasteiger partial charge < -0.3 is 4.74 Å². The minimum Gasteiger partial charge on any atom is -0.374 e. The van der Waals surface area contributed by atoms with Crippen molar-refractivity contribution in [2.75, 3.05) is 7.11 Å². The molecule has 2 fully saturated rings. The summed E-state index contributed by atoms with van der Waals surface area (Å²) in [5.41, 5.74) is -0.103. The van der Waals surface area contributed by atoms with Crippen LogP contribution in [0.25, 0.3) is 0 Å². The van der Waals surface area contributed by atoms with E-state index in [0.29, 0.717) is 0 Å². The average molecular weight is 330 g/mol. The van der Waals surface area contributed by atoms with Crippen molar-refractivity contribution in [2.24, 2.45) is 17.8 Å². The van der Waals surface area contributed by atoms with Crippen molar-refractivity contribution in [1.29, 1.82) is 5.26 Å². The van der Waals surface area contributed by atoms with Crippen molar-refractivity contribution in [2.45, 2.75) is 83.2 Å². The smallest absolute Gasteiger partial charge is 0.0912 e. The topological polar surface area (TPSA) is 33.0 Å². The third kappa shape index (κ3) is 5.49. The zero-order chi connectivity index (χ0) is 17.3. The van der Waals surface area contributed by atoms with Crippen LogP contribution in [0.1, 0.15) is 77.6 Å². The zero-order valence-electron chi connectivity index (χ0n) is 15.7. The number of hydrogen-bond acceptors (Lipinski definition) is 2. The van der Waals surface area contributed by atoms with Gasteiger partial charge in [0.2, 0.25) is 0 Å². The lowest BCUT2D eigenvalue weighted by Crippen LogP contribution is -2.36. The van der Waals surface area contributed by atoms with Crippen LogP contribution in [-0.4, -0.2) is 12.7 Å². The van der Waals surface area contributed by atoms with Crippen molar-refractivity contribution in [1.82, 2.24) is 0 Å². The number of nitrogens with zero attached hydrogens (tertiary/aromatic N) is 1. The molecule has 0 aliphatic heterocycles. The van der Waals surface area contributed by atoms with Crippen molar-refractivity contribution in [3.8, 4) is 6.07 Å². The van der Waals surface area contributed by atoms with Gasteiger partial charge in [0.1, 0.15) is 0 Å². The standard InChI is InChI=1S/C22H35NO/c1-3-4-8-19-9-11-20(12-10-19)21-13-16-22(24-2,17-14-21)15-6-5-7-18-23/h5-7,15,19-21H,3-4,8-14,16-17H2,1-2H3. The van der Waals surface area contributed by atoms with Gasteiger partial charge in [-0.15, -0.1) is 0 Å². The summed E-state index contributed by atoms with van der Waals surface area (Å²) in [6, 6.07) is 2.03. The molecule has 0 bridgehead atoms. The first-order valence-corrected chi connectivity index (χ1v) is 10.0. The summed E-state index contributed by atoms with van der Waals surface area (Å²) in [6.45, 7) is 2.31. The molecule has 0 aromatic rings. The van der Waals surface area contributed by atoms with Gasteiger partial charge in [-0.3, -0.25) is 0 Å². The van der Waals surface area contributed by atoms with Crippen LogP contribution in [-0.2, 0) is 4.74 Å². The SMILES string of the molecule is CCCCC1CCC(C2CCC(C=CC=CC#N)(OC)CC2)CC1. The fourth-order valence-electron chi connectivity index (χ4n) is 4.81. The molecule has 2 rings (SSSR count). The molecular formula is C22H35NO. The molecule has 0 spiro atoms. The van der Waals surface area contributed by atoms with Crippen LogP contribution in [0.4, 0.5) is 0 Å². The van der Waals surface area contributed by atoms with E-state index in [-0.39, 0.29) is 5.60 Å². The van der Waals surface area contributed by atoms with Gasteiger partial charge in [-0.2, -0.15) is 5.26 Å². The molecule has 0 aromatic heterocycles. The van der Waals surface area contributed by atoms with Crippen molar-refractivity contribution < 1.29 is 4.74 Å². The van der Waals surface area contributed by atoms with E-state index in [4.69, 9.17) is 10.00 Å². The molecule has 24 heavy (non-hydrogen) atoms. The number of allylic oxidation sites excluding steroid dienone is 3. The summed E-state index contributed by atoms with van der Waals surface area (Å²) < 4.78 is 5.85. The Bertz CT molecular complexity index is 443. The Hall–Kier alpha value is -1.07. The number of ether oxygens (including phenoxy) is 1. The van der Waals surface area contributed by atoms with Crippen molar-refractivity contribution in [3.05, 3.63) is 24.3 Å². The molecule has 0 atom stereocenters. The summed E-state index contributed by atoms with van der Waals surface area (Å²) >= 11 is 0. The van der Waals surface area contributed by atoms with Crippen LogP contribution < -0.4 is 0 Å². The molecule has 134 valence electrons. The maximum Gasteiger partial charge on any atom is 0.0912 e. The Balaban J connectivity index is 1.79. The molecule has 0 radical (unpaired) electrons. The number of rotatable bonds is 7. The highest BCUT2D eigenvalue weighted by Gasteiger charge is 2.36. The van der Waals surface area contributed by atoms with Crippen LogP contribution in [0.5, 0.6) is 0 Å². The maximum atomic E-state index is 8.57. The van der Waals surface area contributed by atoms with Crippen LogP contribution in [0, 0.1) is 29.1 Å². The van der Waals surface area contributed by atoms with Crippen molar-refractivity contribution in [3.63, 3.8) is 0 Å². The highest BCUT2D eigenvalue weighted by atomic mass is 16.5. The molecular weight excluding hydrogens is 294 g/mol. The molecule has 2 aliphatic carbocycles. The third-order valence-electron chi connectivity index (χ3n) is 6.49. The summed E-state index contributed by atoms with van der Waals surface area (Å²) in [5.74, 6) is 2.88. The molecule has 2 nitrogen and oxygen atoms in total. The second kappa shape index (κ2) is 10.0. The van der Waals surface area contributed by atoms with E-state index >= 15 is 0 Å². The first-order valence-electron chi connectivity index (χ1n) is 10.0. The quantitative estimate of drug-likeness (QED) is 0.412. The lowest BCUT2D eigenvalue weighted by molar-refractivity contribution is -0.0201. The molecule has 0 aromatic carbocycles. The number of methoxy groups -OCH3 is 1. The monoisotopic (exact) mass is 329 g/mol. The first kappa shape index (κ1) is 19.3. The largest absolute Gasteiger partial charge is 0.374 e. The zero-order valence-corrected chi connectivity index (χ0v) is 15.7. The van der Waals surface area contributed by atoms with E-state index in [1.165, 1.54) is 63.9 Å². The molecule has 0 N–H and O–H groups in total. The minimum atomic E-state index is -0.103. The fraction of sp³-hybridized carbons (Fsp3) is 0.773. The van der Waals surface area contributed by atoms with Gasteiger partial charge in [-0.05, 0) is 56.3 Å². The predicted molar refractivity (Wildman–Crippen MR) is 101 cm³/mol. The van der Waals surface area contributed by atoms with Crippen molar-refractivity contribution >= 4 is 0 Å². The van der Waals surface area contributed by atoms with Gasteiger partial charge >= 0.3 is 0 Å². The van der Waals surface area contributed by atoms with Gasteiger partial charge in [0.05, 0.1) is 11.7 Å². The van der Waals surface area contributed by atoms with E-state index < -0.39 is 0 Å². The van der Waals surface area contributed by atoms with E-state index in [0.717, 1.165) is 30.6 Å². The van der Waals surface area contributed by atoms with Gasteiger partial charge in [0.25, 0.3) is 0 Å². The maximum absolute atomic E-state index is 8.57. The Morgan fingerprint density at radius 2 is 1.71 bits per heavy atom. The molecule has 0 amide bonds. The van der Waals surface area contributed by atoms with Gasteiger partial charge in [0.15, 0.2) is 0 Å². The van der Waals surface area contributed by atoms with Crippen LogP contribution in [0.15, 0.2) is 24.3 Å². The van der Waals surface area contributed by atoms with Gasteiger partial charge in [-0.25, -0.2) is 0 Å². The molecule has 2 aliphatic rings. The summed E-state index contributed by atoms with van der Waals surface area (Å²) in [6.07, 6.45) is 22.4. The fourth-order valence-corrected chi connectivity index (χ4v) is 4.81. The van der Waals surface area contributed by atoms with E-state index in [9.17, 15) is 0 Å². The Labute approximate surface area is 149 Å².